The van der Waals surface area contributed by atoms with Crippen molar-refractivity contribution < 1.29 is 14.3 Å². The van der Waals surface area contributed by atoms with E-state index in [1.807, 2.05) is 13.2 Å². The third kappa shape index (κ3) is 4.64. The van der Waals surface area contributed by atoms with Crippen molar-refractivity contribution in [1.82, 2.24) is 9.97 Å². The first-order chi connectivity index (χ1) is 13.3. The summed E-state index contributed by atoms with van der Waals surface area (Å²) in [5, 5.41) is 5.85. The van der Waals surface area contributed by atoms with Gasteiger partial charge >= 0.3 is 5.97 Å². The molecule has 7 nitrogen and oxygen atoms in total. The molecule has 0 radical (unpaired) electrons. The van der Waals surface area contributed by atoms with Crippen LogP contribution in [0.15, 0.2) is 10.3 Å². The number of thioether (sulfide) groups is 1. The topological polar surface area (TPSA) is 85.7 Å². The lowest BCUT2D eigenvalue weighted by Crippen LogP contribution is -2.31. The number of anilines is 1. The van der Waals surface area contributed by atoms with Crippen LogP contribution in [0, 0.1) is 0 Å². The molecule has 152 valence electrons. The molecule has 2 aromatic rings. The van der Waals surface area contributed by atoms with E-state index in [-0.39, 0.29) is 11.3 Å². The maximum Gasteiger partial charge on any atom is 0.354 e. The largest absolute Gasteiger partial charge is 0.461 e. The van der Waals surface area contributed by atoms with Gasteiger partial charge < -0.3 is 9.47 Å². The molecule has 3 rings (SSSR count). The molecule has 9 heteroatoms. The van der Waals surface area contributed by atoms with E-state index in [1.54, 1.807) is 18.3 Å². The zero-order valence-corrected chi connectivity index (χ0v) is 18.6. The number of unbranched alkanes of at least 4 members (excludes halogenated alkanes) is 1. The van der Waals surface area contributed by atoms with Gasteiger partial charge in [0.1, 0.15) is 10.5 Å². The van der Waals surface area contributed by atoms with Crippen LogP contribution in [0.5, 0.6) is 0 Å². The average Bonchev–Trinajstić information content (AvgIpc) is 3.02. The number of rotatable bonds is 7. The highest BCUT2D eigenvalue weighted by Crippen LogP contribution is 2.41. The molecule has 0 atom stereocenters. The number of hydrogen-bond acceptors (Lipinski definition) is 9. The van der Waals surface area contributed by atoms with Crippen LogP contribution >= 0.6 is 23.1 Å². The number of fused-ring (bicyclic) bond motifs is 3. The number of hydrogen-bond donors (Lipinski definition) is 1. The minimum atomic E-state index is -0.418. The molecule has 0 unspecified atom stereocenters. The maximum absolute atomic E-state index is 12.0. The summed E-state index contributed by atoms with van der Waals surface area (Å²) in [5.74, 6) is 0.198. The van der Waals surface area contributed by atoms with Crippen LogP contribution in [0.2, 0.25) is 0 Å². The summed E-state index contributed by atoms with van der Waals surface area (Å²) in [6, 6.07) is 0. The van der Waals surface area contributed by atoms with Gasteiger partial charge in [-0.3, -0.25) is 5.43 Å². The van der Waals surface area contributed by atoms with Crippen LogP contribution in [0.25, 0.3) is 10.2 Å². The summed E-state index contributed by atoms with van der Waals surface area (Å²) in [5.41, 5.74) is 4.21. The van der Waals surface area contributed by atoms with E-state index in [0.29, 0.717) is 24.2 Å². The quantitative estimate of drug-likeness (QED) is 0.177. The molecule has 1 N–H and O–H groups in total. The molecular formula is C19H26N4O3S2. The maximum atomic E-state index is 12.0. The number of nitrogens with one attached hydrogen (secondary N) is 1. The molecule has 0 aromatic carbocycles. The van der Waals surface area contributed by atoms with E-state index in [1.165, 1.54) is 22.2 Å². The highest BCUT2D eigenvalue weighted by Gasteiger charge is 2.31. The van der Waals surface area contributed by atoms with Gasteiger partial charge in [0, 0.05) is 11.3 Å². The predicted molar refractivity (Wildman–Crippen MR) is 114 cm³/mol. The highest BCUT2D eigenvalue weighted by molar-refractivity contribution is 7.98. The van der Waals surface area contributed by atoms with Crippen molar-refractivity contribution in [2.45, 2.75) is 64.3 Å². The Labute approximate surface area is 173 Å². The normalized spacial score (nSPS) is 16.1. The standard InChI is InChI=1S/C19H26N4O3S2/c1-6-7-8-25-17(24)11(2)22-23-15-14-12-9-19(3,4)26-10-13(12)28-16(14)21-18(20-15)27-5/h6-10H2,1-5H3,(H,20,21,23)/b22-11+. The molecule has 0 saturated heterocycles. The second-order valence-corrected chi connectivity index (χ2v) is 9.12. The van der Waals surface area contributed by atoms with Crippen molar-refractivity contribution in [3.05, 3.63) is 10.4 Å². The van der Waals surface area contributed by atoms with Gasteiger partial charge in [-0.25, -0.2) is 14.8 Å². The van der Waals surface area contributed by atoms with Crippen LogP contribution < -0.4 is 5.43 Å². The molecule has 0 saturated carbocycles. The molecule has 0 spiro atoms. The van der Waals surface area contributed by atoms with Gasteiger partial charge in [-0.2, -0.15) is 5.10 Å². The smallest absolute Gasteiger partial charge is 0.354 e. The summed E-state index contributed by atoms with van der Waals surface area (Å²) in [6.45, 7) is 8.83. The molecular weight excluding hydrogens is 396 g/mol. The van der Waals surface area contributed by atoms with E-state index in [4.69, 9.17) is 9.47 Å². The Morgan fingerprint density at radius 2 is 2.21 bits per heavy atom. The summed E-state index contributed by atoms with van der Waals surface area (Å²) in [4.78, 5) is 23.4. The number of esters is 1. The lowest BCUT2D eigenvalue weighted by molar-refractivity contribution is -0.135. The van der Waals surface area contributed by atoms with Gasteiger partial charge in [-0.05, 0) is 39.0 Å². The number of nitrogens with zero attached hydrogens (tertiary/aromatic N) is 3. The zero-order chi connectivity index (χ0) is 20.3. The number of carbonyl (C=O) groups is 1. The Kier molecular flexibility index (Phi) is 6.57. The van der Waals surface area contributed by atoms with E-state index in [2.05, 4.69) is 34.3 Å². The molecule has 0 fully saturated rings. The average molecular weight is 423 g/mol. The Balaban J connectivity index is 1.92. The SMILES string of the molecule is CCCCOC(=O)/C(C)=N/Nc1nc(SC)nc2sc3c(c12)CC(C)(C)OC3. The summed E-state index contributed by atoms with van der Waals surface area (Å²) < 4.78 is 11.1. The van der Waals surface area contributed by atoms with Crippen molar-refractivity contribution in [3.8, 4) is 0 Å². The minimum absolute atomic E-state index is 0.237. The first-order valence-electron chi connectivity index (χ1n) is 9.32. The molecule has 3 heterocycles. The van der Waals surface area contributed by atoms with Crippen molar-refractivity contribution in [2.24, 2.45) is 5.10 Å². The first-order valence-corrected chi connectivity index (χ1v) is 11.4. The Morgan fingerprint density at radius 1 is 1.43 bits per heavy atom. The van der Waals surface area contributed by atoms with Crippen molar-refractivity contribution in [2.75, 3.05) is 18.3 Å². The number of hydrazone groups is 1. The second kappa shape index (κ2) is 8.75. The van der Waals surface area contributed by atoms with Gasteiger partial charge in [0.25, 0.3) is 0 Å². The Morgan fingerprint density at radius 3 is 2.93 bits per heavy atom. The number of ether oxygens (including phenoxy) is 2. The Hall–Kier alpha value is -1.71. The zero-order valence-electron chi connectivity index (χ0n) is 16.9. The van der Waals surface area contributed by atoms with Gasteiger partial charge in [0.15, 0.2) is 11.0 Å². The highest BCUT2D eigenvalue weighted by atomic mass is 32.2. The van der Waals surface area contributed by atoms with Gasteiger partial charge in [-0.15, -0.1) is 11.3 Å². The summed E-state index contributed by atoms with van der Waals surface area (Å²) >= 11 is 3.10. The number of carbonyl (C=O) groups excluding carboxylic acids is 1. The van der Waals surface area contributed by atoms with Crippen LogP contribution in [-0.2, 0) is 27.3 Å². The number of thiophene rings is 1. The number of aromatic nitrogens is 2. The van der Waals surface area contributed by atoms with Gasteiger partial charge in [0.05, 0.1) is 24.2 Å². The third-order valence-electron chi connectivity index (χ3n) is 4.45. The van der Waals surface area contributed by atoms with Crippen molar-refractivity contribution in [1.29, 1.82) is 0 Å². The molecule has 2 aromatic heterocycles. The predicted octanol–water partition coefficient (Wildman–Crippen LogP) is 4.40. The first kappa shape index (κ1) is 21.0. The Bertz CT molecular complexity index is 908. The fraction of sp³-hybridized carbons (Fsp3) is 0.579. The van der Waals surface area contributed by atoms with E-state index >= 15 is 0 Å². The van der Waals surface area contributed by atoms with E-state index < -0.39 is 5.97 Å². The second-order valence-electron chi connectivity index (χ2n) is 7.27. The van der Waals surface area contributed by atoms with Crippen molar-refractivity contribution in [3.63, 3.8) is 0 Å². The molecule has 28 heavy (non-hydrogen) atoms. The van der Waals surface area contributed by atoms with E-state index in [0.717, 1.165) is 29.5 Å². The summed E-state index contributed by atoms with van der Waals surface area (Å²) in [7, 11) is 0. The summed E-state index contributed by atoms with van der Waals surface area (Å²) in [6.07, 6.45) is 4.53. The lowest BCUT2D eigenvalue weighted by Gasteiger charge is -2.30. The van der Waals surface area contributed by atoms with Crippen LogP contribution in [-0.4, -0.2) is 40.1 Å². The molecule has 0 amide bonds. The lowest BCUT2D eigenvalue weighted by atomic mass is 9.94. The minimum Gasteiger partial charge on any atom is -0.461 e. The molecule has 0 aliphatic carbocycles. The van der Waals surface area contributed by atoms with Crippen LogP contribution in [0.4, 0.5) is 5.82 Å². The fourth-order valence-corrected chi connectivity index (χ4v) is 4.42. The van der Waals surface area contributed by atoms with Gasteiger partial charge in [-0.1, -0.05) is 25.1 Å². The molecule has 1 aliphatic rings. The van der Waals surface area contributed by atoms with Crippen molar-refractivity contribution >= 4 is 50.8 Å². The molecule has 1 aliphatic heterocycles. The third-order valence-corrected chi connectivity index (χ3v) is 6.10. The van der Waals surface area contributed by atoms with Gasteiger partial charge in [0.2, 0.25) is 0 Å². The fourth-order valence-electron chi connectivity index (χ4n) is 2.89. The van der Waals surface area contributed by atoms with Crippen LogP contribution in [0.3, 0.4) is 0 Å². The van der Waals surface area contributed by atoms with Crippen LogP contribution in [0.1, 0.15) is 51.0 Å². The van der Waals surface area contributed by atoms with E-state index in [9.17, 15) is 4.79 Å². The molecule has 0 bridgehead atoms. The monoisotopic (exact) mass is 422 g/mol.